The molecule has 1 rings (SSSR count). The molecule has 0 saturated carbocycles. The van der Waals surface area contributed by atoms with Gasteiger partial charge in [0.2, 0.25) is 0 Å². The van der Waals surface area contributed by atoms with Crippen molar-refractivity contribution in [2.45, 2.75) is 6.42 Å². The number of allylic oxidation sites excluding steroid dienone is 1. The van der Waals surface area contributed by atoms with Gasteiger partial charge in [-0.25, -0.2) is 4.39 Å². The van der Waals surface area contributed by atoms with Gasteiger partial charge in [0, 0.05) is 5.33 Å². The normalized spacial score (nSPS) is 10.8. The summed E-state index contributed by atoms with van der Waals surface area (Å²) in [5.41, 5.74) is 1.04. The van der Waals surface area contributed by atoms with Crippen LogP contribution in [0.1, 0.15) is 12.0 Å². The molecule has 2 heteroatoms. The first kappa shape index (κ1) is 9.46. The van der Waals surface area contributed by atoms with Gasteiger partial charge in [-0.2, -0.15) is 0 Å². The zero-order valence-corrected chi connectivity index (χ0v) is 8.22. The minimum Gasteiger partial charge on any atom is -0.207 e. The van der Waals surface area contributed by atoms with Crippen LogP contribution in [0, 0.1) is 5.82 Å². The minimum atomic E-state index is -0.187. The van der Waals surface area contributed by atoms with Crippen molar-refractivity contribution in [2.75, 3.05) is 5.33 Å². The van der Waals surface area contributed by atoms with Crippen LogP contribution in [0.25, 0.3) is 6.08 Å². The molecule has 0 heterocycles. The van der Waals surface area contributed by atoms with Crippen molar-refractivity contribution in [1.29, 1.82) is 0 Å². The zero-order chi connectivity index (χ0) is 8.81. The molecule has 0 fully saturated rings. The van der Waals surface area contributed by atoms with Crippen molar-refractivity contribution in [3.63, 3.8) is 0 Å². The van der Waals surface area contributed by atoms with Gasteiger partial charge in [0.1, 0.15) is 5.82 Å². The van der Waals surface area contributed by atoms with Crippen molar-refractivity contribution < 1.29 is 4.39 Å². The van der Waals surface area contributed by atoms with E-state index in [1.807, 2.05) is 6.08 Å². The van der Waals surface area contributed by atoms with Crippen LogP contribution in [0.4, 0.5) is 4.39 Å². The Bertz CT molecular complexity index is 251. The second kappa shape index (κ2) is 5.09. The van der Waals surface area contributed by atoms with Gasteiger partial charge in [0.25, 0.3) is 0 Å². The SMILES string of the molecule is Fc1ccc(C=CCCBr)cc1. The molecule has 0 atom stereocenters. The van der Waals surface area contributed by atoms with Crippen LogP contribution in [0.3, 0.4) is 0 Å². The Morgan fingerprint density at radius 1 is 1.25 bits per heavy atom. The average molecular weight is 229 g/mol. The van der Waals surface area contributed by atoms with E-state index in [-0.39, 0.29) is 5.82 Å². The summed E-state index contributed by atoms with van der Waals surface area (Å²) >= 11 is 3.32. The van der Waals surface area contributed by atoms with Crippen LogP contribution >= 0.6 is 15.9 Å². The summed E-state index contributed by atoms with van der Waals surface area (Å²) in [6.45, 7) is 0. The van der Waals surface area contributed by atoms with E-state index in [1.54, 1.807) is 12.1 Å². The first-order chi connectivity index (χ1) is 5.83. The van der Waals surface area contributed by atoms with Crippen LogP contribution in [0.5, 0.6) is 0 Å². The minimum absolute atomic E-state index is 0.187. The number of hydrogen-bond donors (Lipinski definition) is 0. The predicted octanol–water partition coefficient (Wildman–Crippen LogP) is 3.62. The fourth-order valence-corrected chi connectivity index (χ4v) is 1.12. The monoisotopic (exact) mass is 228 g/mol. The molecule has 0 aliphatic rings. The molecule has 64 valence electrons. The molecule has 0 radical (unpaired) electrons. The van der Waals surface area contributed by atoms with Gasteiger partial charge in [-0.3, -0.25) is 0 Å². The molecule has 12 heavy (non-hydrogen) atoms. The van der Waals surface area contributed by atoms with E-state index in [0.29, 0.717) is 0 Å². The van der Waals surface area contributed by atoms with Crippen LogP contribution in [-0.4, -0.2) is 5.33 Å². The fraction of sp³-hybridized carbons (Fsp3) is 0.200. The van der Waals surface area contributed by atoms with Gasteiger partial charge >= 0.3 is 0 Å². The van der Waals surface area contributed by atoms with Crippen LogP contribution < -0.4 is 0 Å². The number of rotatable bonds is 3. The second-order valence-corrected chi connectivity index (χ2v) is 3.22. The average Bonchev–Trinajstić information content (AvgIpc) is 2.09. The fourth-order valence-electron chi connectivity index (χ4n) is 0.856. The maximum Gasteiger partial charge on any atom is 0.123 e. The van der Waals surface area contributed by atoms with Gasteiger partial charge in [0.05, 0.1) is 0 Å². The molecule has 0 bridgehead atoms. The molecular weight excluding hydrogens is 219 g/mol. The smallest absolute Gasteiger partial charge is 0.123 e. The van der Waals surface area contributed by atoms with Gasteiger partial charge in [-0.1, -0.05) is 40.2 Å². The quantitative estimate of drug-likeness (QED) is 0.694. The molecule has 0 aliphatic heterocycles. The highest BCUT2D eigenvalue weighted by Gasteiger charge is 1.87. The van der Waals surface area contributed by atoms with E-state index in [0.717, 1.165) is 17.3 Å². The Kier molecular flexibility index (Phi) is 4.01. The summed E-state index contributed by atoms with van der Waals surface area (Å²) in [5.74, 6) is -0.187. The Morgan fingerprint density at radius 3 is 2.50 bits per heavy atom. The standard InChI is InChI=1S/C10H10BrF/c11-8-2-1-3-9-4-6-10(12)7-5-9/h1,3-7H,2,8H2. The van der Waals surface area contributed by atoms with Gasteiger partial charge in [-0.05, 0) is 24.1 Å². The molecule has 0 aliphatic carbocycles. The van der Waals surface area contributed by atoms with E-state index in [1.165, 1.54) is 12.1 Å². The summed E-state index contributed by atoms with van der Waals surface area (Å²) in [5, 5.41) is 0.963. The Labute approximate surface area is 80.2 Å². The van der Waals surface area contributed by atoms with Crippen molar-refractivity contribution in [3.05, 3.63) is 41.7 Å². The first-order valence-corrected chi connectivity index (χ1v) is 4.93. The number of alkyl halides is 1. The van der Waals surface area contributed by atoms with E-state index >= 15 is 0 Å². The Morgan fingerprint density at radius 2 is 1.92 bits per heavy atom. The molecule has 1 aromatic carbocycles. The third-order valence-corrected chi connectivity index (χ3v) is 1.91. The van der Waals surface area contributed by atoms with Crippen molar-refractivity contribution in [2.24, 2.45) is 0 Å². The summed E-state index contributed by atoms with van der Waals surface area (Å²) < 4.78 is 12.4. The third-order valence-electron chi connectivity index (χ3n) is 1.46. The highest BCUT2D eigenvalue weighted by molar-refractivity contribution is 9.09. The Hall–Kier alpha value is -0.630. The van der Waals surface area contributed by atoms with Gasteiger partial charge in [-0.15, -0.1) is 0 Å². The lowest BCUT2D eigenvalue weighted by Crippen LogP contribution is -1.74. The topological polar surface area (TPSA) is 0 Å². The number of benzene rings is 1. The number of halogens is 2. The summed E-state index contributed by atoms with van der Waals surface area (Å²) in [4.78, 5) is 0. The molecule has 0 N–H and O–H groups in total. The van der Waals surface area contributed by atoms with Gasteiger partial charge in [0.15, 0.2) is 0 Å². The molecule has 0 spiro atoms. The maximum atomic E-state index is 12.4. The molecule has 0 nitrogen and oxygen atoms in total. The van der Waals surface area contributed by atoms with Crippen LogP contribution in [0.2, 0.25) is 0 Å². The summed E-state index contributed by atoms with van der Waals surface area (Å²) in [7, 11) is 0. The first-order valence-electron chi connectivity index (χ1n) is 3.81. The molecule has 0 aromatic heterocycles. The van der Waals surface area contributed by atoms with E-state index in [9.17, 15) is 4.39 Å². The molecular formula is C10H10BrF. The lowest BCUT2D eigenvalue weighted by molar-refractivity contribution is 0.628. The summed E-state index contributed by atoms with van der Waals surface area (Å²) in [6, 6.07) is 6.46. The second-order valence-electron chi connectivity index (χ2n) is 2.43. The van der Waals surface area contributed by atoms with Crippen LogP contribution in [0.15, 0.2) is 30.3 Å². The molecule has 0 saturated heterocycles. The van der Waals surface area contributed by atoms with Crippen LogP contribution in [-0.2, 0) is 0 Å². The lowest BCUT2D eigenvalue weighted by atomic mass is 10.2. The van der Waals surface area contributed by atoms with Crippen molar-refractivity contribution in [1.82, 2.24) is 0 Å². The van der Waals surface area contributed by atoms with Crippen molar-refractivity contribution in [3.8, 4) is 0 Å². The molecule has 1 aromatic rings. The third kappa shape index (κ3) is 3.18. The number of hydrogen-bond acceptors (Lipinski definition) is 0. The maximum absolute atomic E-state index is 12.4. The van der Waals surface area contributed by atoms with Crippen molar-refractivity contribution >= 4 is 22.0 Å². The van der Waals surface area contributed by atoms with Gasteiger partial charge < -0.3 is 0 Å². The molecule has 0 unspecified atom stereocenters. The largest absolute Gasteiger partial charge is 0.207 e. The van der Waals surface area contributed by atoms with E-state index in [2.05, 4.69) is 22.0 Å². The lowest BCUT2D eigenvalue weighted by Gasteiger charge is -1.91. The highest BCUT2D eigenvalue weighted by Crippen LogP contribution is 2.05. The summed E-state index contributed by atoms with van der Waals surface area (Å²) in [6.07, 6.45) is 5.04. The van der Waals surface area contributed by atoms with E-state index in [4.69, 9.17) is 0 Å². The predicted molar refractivity (Wildman–Crippen MR) is 53.8 cm³/mol. The highest BCUT2D eigenvalue weighted by atomic mass is 79.9. The zero-order valence-electron chi connectivity index (χ0n) is 6.63. The molecule has 0 amide bonds. The van der Waals surface area contributed by atoms with E-state index < -0.39 is 0 Å². The Balaban J connectivity index is 2.58.